The molecule has 1 aromatic carbocycles. The number of benzene rings is 1. The summed E-state index contributed by atoms with van der Waals surface area (Å²) in [6.45, 7) is 0.380. The lowest BCUT2D eigenvalue weighted by atomic mass is 9.99. The van der Waals surface area contributed by atoms with Gasteiger partial charge in [0.25, 0.3) is 0 Å². The van der Waals surface area contributed by atoms with E-state index in [0.717, 1.165) is 41.9 Å². The van der Waals surface area contributed by atoms with Gasteiger partial charge in [0.2, 0.25) is 0 Å². The Labute approximate surface area is 115 Å². The van der Waals surface area contributed by atoms with Crippen molar-refractivity contribution in [1.82, 2.24) is 10.3 Å². The zero-order chi connectivity index (χ0) is 13.1. The fraction of sp³-hybridized carbons (Fsp3) is 0.308. The standard InChI is InChI=1S/C13H12ClN3O2/c14-10-4-1-3-9(7-10)8-18-15-11-5-2-6-12-13(11)17-19-16-12/h1,3-4,7H,2,5-6,8H2/b15-11+. The molecule has 19 heavy (non-hydrogen) atoms. The lowest BCUT2D eigenvalue weighted by Crippen LogP contribution is -2.12. The van der Waals surface area contributed by atoms with Gasteiger partial charge in [-0.15, -0.1) is 0 Å². The molecule has 0 amide bonds. The van der Waals surface area contributed by atoms with Gasteiger partial charge in [-0.2, -0.15) is 0 Å². The van der Waals surface area contributed by atoms with E-state index in [-0.39, 0.29) is 0 Å². The summed E-state index contributed by atoms with van der Waals surface area (Å²) in [6, 6.07) is 7.50. The van der Waals surface area contributed by atoms with Crippen LogP contribution in [0.5, 0.6) is 0 Å². The molecule has 1 aliphatic rings. The van der Waals surface area contributed by atoms with E-state index in [1.807, 2.05) is 24.3 Å². The third-order valence-electron chi connectivity index (χ3n) is 2.95. The van der Waals surface area contributed by atoms with Gasteiger partial charge in [-0.05, 0) is 42.1 Å². The van der Waals surface area contributed by atoms with Gasteiger partial charge in [0.15, 0.2) is 5.69 Å². The fourth-order valence-corrected chi connectivity index (χ4v) is 2.24. The number of hydrogen-bond acceptors (Lipinski definition) is 5. The third-order valence-corrected chi connectivity index (χ3v) is 3.19. The molecule has 1 aromatic heterocycles. The molecule has 0 fully saturated rings. The van der Waals surface area contributed by atoms with Gasteiger partial charge in [0.1, 0.15) is 18.0 Å². The summed E-state index contributed by atoms with van der Waals surface area (Å²) in [6.07, 6.45) is 2.70. The molecule has 1 aliphatic carbocycles. The molecule has 3 rings (SSSR count). The van der Waals surface area contributed by atoms with Crippen molar-refractivity contribution in [3.63, 3.8) is 0 Å². The minimum absolute atomic E-state index is 0.380. The number of halogens is 1. The second kappa shape index (κ2) is 5.40. The zero-order valence-corrected chi connectivity index (χ0v) is 10.9. The van der Waals surface area contributed by atoms with E-state index in [2.05, 4.69) is 15.5 Å². The Morgan fingerprint density at radius 3 is 3.16 bits per heavy atom. The third kappa shape index (κ3) is 2.76. The molecule has 0 N–H and O–H groups in total. The number of aromatic nitrogens is 2. The van der Waals surface area contributed by atoms with Crippen LogP contribution in [0, 0.1) is 0 Å². The fourth-order valence-electron chi connectivity index (χ4n) is 2.03. The van der Waals surface area contributed by atoms with E-state index in [4.69, 9.17) is 21.1 Å². The van der Waals surface area contributed by atoms with Crippen LogP contribution in [0.4, 0.5) is 0 Å². The molecule has 0 radical (unpaired) electrons. The van der Waals surface area contributed by atoms with Crippen molar-refractivity contribution < 1.29 is 9.47 Å². The monoisotopic (exact) mass is 277 g/mol. The Bertz CT molecular complexity index is 609. The van der Waals surface area contributed by atoms with Gasteiger partial charge in [0.05, 0.1) is 0 Å². The van der Waals surface area contributed by atoms with Gasteiger partial charge in [-0.25, -0.2) is 4.63 Å². The Balaban J connectivity index is 1.68. The molecule has 0 bridgehead atoms. The second-order valence-corrected chi connectivity index (χ2v) is 4.79. The van der Waals surface area contributed by atoms with Crippen molar-refractivity contribution in [3.8, 4) is 0 Å². The van der Waals surface area contributed by atoms with Crippen LogP contribution < -0.4 is 0 Å². The van der Waals surface area contributed by atoms with Gasteiger partial charge < -0.3 is 4.84 Å². The second-order valence-electron chi connectivity index (χ2n) is 4.35. The average Bonchev–Trinajstić information content (AvgIpc) is 2.88. The van der Waals surface area contributed by atoms with Crippen LogP contribution >= 0.6 is 11.6 Å². The van der Waals surface area contributed by atoms with Crippen molar-refractivity contribution in [2.75, 3.05) is 0 Å². The lowest BCUT2D eigenvalue weighted by molar-refractivity contribution is 0.130. The number of rotatable bonds is 3. The van der Waals surface area contributed by atoms with Crippen LogP contribution in [0.3, 0.4) is 0 Å². The summed E-state index contributed by atoms with van der Waals surface area (Å²) >= 11 is 5.90. The highest BCUT2D eigenvalue weighted by Crippen LogP contribution is 2.18. The van der Waals surface area contributed by atoms with Crippen LogP contribution in [-0.4, -0.2) is 16.0 Å². The van der Waals surface area contributed by atoms with Crippen molar-refractivity contribution in [2.45, 2.75) is 25.9 Å². The van der Waals surface area contributed by atoms with E-state index in [1.165, 1.54) is 0 Å². The van der Waals surface area contributed by atoms with E-state index in [0.29, 0.717) is 11.6 Å². The summed E-state index contributed by atoms with van der Waals surface area (Å²) in [7, 11) is 0. The maximum absolute atomic E-state index is 5.90. The van der Waals surface area contributed by atoms with E-state index in [9.17, 15) is 0 Å². The van der Waals surface area contributed by atoms with Crippen LogP contribution in [-0.2, 0) is 17.9 Å². The first-order valence-corrected chi connectivity index (χ1v) is 6.46. The maximum Gasteiger partial charge on any atom is 0.155 e. The van der Waals surface area contributed by atoms with E-state index in [1.54, 1.807) is 0 Å². The largest absolute Gasteiger partial charge is 0.391 e. The van der Waals surface area contributed by atoms with Crippen molar-refractivity contribution >= 4 is 17.3 Å². The van der Waals surface area contributed by atoms with Crippen molar-refractivity contribution in [3.05, 3.63) is 46.2 Å². The maximum atomic E-state index is 5.90. The smallest absolute Gasteiger partial charge is 0.155 e. The first-order valence-electron chi connectivity index (χ1n) is 6.08. The van der Waals surface area contributed by atoms with Crippen LogP contribution in [0.15, 0.2) is 34.1 Å². The first kappa shape index (κ1) is 12.2. The summed E-state index contributed by atoms with van der Waals surface area (Å²) < 4.78 is 4.72. The topological polar surface area (TPSA) is 60.5 Å². The molecule has 5 nitrogen and oxygen atoms in total. The number of fused-ring (bicyclic) bond motifs is 1. The van der Waals surface area contributed by atoms with Crippen LogP contribution in [0.25, 0.3) is 0 Å². The molecule has 6 heteroatoms. The van der Waals surface area contributed by atoms with Crippen LogP contribution in [0.2, 0.25) is 5.02 Å². The van der Waals surface area contributed by atoms with E-state index < -0.39 is 0 Å². The predicted molar refractivity (Wildman–Crippen MR) is 70.0 cm³/mol. The van der Waals surface area contributed by atoms with Gasteiger partial charge >= 0.3 is 0 Å². The van der Waals surface area contributed by atoms with Crippen molar-refractivity contribution in [2.24, 2.45) is 5.16 Å². The minimum atomic E-state index is 0.380. The molecule has 0 saturated carbocycles. The first-order chi connectivity index (χ1) is 9.33. The number of oxime groups is 1. The Kier molecular flexibility index (Phi) is 3.46. The molecule has 0 spiro atoms. The molecular formula is C13H12ClN3O2. The molecule has 0 unspecified atom stereocenters. The zero-order valence-electron chi connectivity index (χ0n) is 10.2. The van der Waals surface area contributed by atoms with Crippen molar-refractivity contribution in [1.29, 1.82) is 0 Å². The summed E-state index contributed by atoms with van der Waals surface area (Å²) in [5, 5.41) is 12.5. The van der Waals surface area contributed by atoms with Gasteiger partial charge in [-0.3, -0.25) is 0 Å². The summed E-state index contributed by atoms with van der Waals surface area (Å²) in [4.78, 5) is 5.36. The Morgan fingerprint density at radius 1 is 1.32 bits per heavy atom. The normalized spacial score (nSPS) is 16.4. The number of nitrogens with zero attached hydrogens (tertiary/aromatic N) is 3. The summed E-state index contributed by atoms with van der Waals surface area (Å²) in [5.41, 5.74) is 3.35. The minimum Gasteiger partial charge on any atom is -0.391 e. The highest BCUT2D eigenvalue weighted by molar-refractivity contribution is 6.30. The highest BCUT2D eigenvalue weighted by Gasteiger charge is 2.21. The lowest BCUT2D eigenvalue weighted by Gasteiger charge is -2.09. The number of hydrogen-bond donors (Lipinski definition) is 0. The Hall–Kier alpha value is -1.88. The average molecular weight is 278 g/mol. The Morgan fingerprint density at radius 2 is 2.26 bits per heavy atom. The molecule has 0 aliphatic heterocycles. The molecule has 0 atom stereocenters. The summed E-state index contributed by atoms with van der Waals surface area (Å²) in [5.74, 6) is 0. The quantitative estimate of drug-likeness (QED) is 0.809. The number of aryl methyl sites for hydroxylation is 1. The molecule has 2 aromatic rings. The molecule has 98 valence electrons. The molecule has 0 saturated heterocycles. The van der Waals surface area contributed by atoms with Crippen LogP contribution in [0.1, 0.15) is 29.8 Å². The van der Waals surface area contributed by atoms with E-state index >= 15 is 0 Å². The predicted octanol–water partition coefficient (Wildman–Crippen LogP) is 2.98. The SMILES string of the molecule is Clc1cccc(CO/N=C2\CCCc3nonc32)c1. The molecular weight excluding hydrogens is 266 g/mol. The van der Waals surface area contributed by atoms with Gasteiger partial charge in [-0.1, -0.05) is 34.0 Å². The highest BCUT2D eigenvalue weighted by atomic mass is 35.5. The molecule has 1 heterocycles. The van der Waals surface area contributed by atoms with Gasteiger partial charge in [0, 0.05) is 5.02 Å².